The number of pyridine rings is 1. The number of hydrazine groups is 1. The van der Waals surface area contributed by atoms with Crippen molar-refractivity contribution in [1.29, 1.82) is 0 Å². The molecule has 1 rings (SSSR count). The molecule has 0 bridgehead atoms. The second kappa shape index (κ2) is 6.93. The van der Waals surface area contributed by atoms with Crippen molar-refractivity contribution >= 4 is 11.6 Å². The highest BCUT2D eigenvalue weighted by atomic mass is 16.2. The van der Waals surface area contributed by atoms with Crippen LogP contribution in [0.3, 0.4) is 0 Å². The van der Waals surface area contributed by atoms with Crippen LogP contribution >= 0.6 is 0 Å². The maximum Gasteiger partial charge on any atom is 0.272 e. The van der Waals surface area contributed by atoms with Gasteiger partial charge < -0.3 is 15.2 Å². The first kappa shape index (κ1) is 14.4. The predicted molar refractivity (Wildman–Crippen MR) is 72.2 cm³/mol. The summed E-state index contributed by atoms with van der Waals surface area (Å²) < 4.78 is 0. The Labute approximate surface area is 108 Å². The number of carbonyl (C=O) groups is 1. The molecule has 0 saturated heterocycles. The molecule has 100 valence electrons. The molecule has 6 heteroatoms. The first-order valence-electron chi connectivity index (χ1n) is 5.87. The van der Waals surface area contributed by atoms with E-state index in [4.69, 9.17) is 5.84 Å². The molecule has 0 aromatic carbocycles. The smallest absolute Gasteiger partial charge is 0.272 e. The van der Waals surface area contributed by atoms with Gasteiger partial charge in [0.05, 0.1) is 11.9 Å². The predicted octanol–water partition coefficient (Wildman–Crippen LogP) is 0.391. The summed E-state index contributed by atoms with van der Waals surface area (Å²) in [6.45, 7) is 1.68. The summed E-state index contributed by atoms with van der Waals surface area (Å²) in [4.78, 5) is 19.9. The highest BCUT2D eigenvalue weighted by Crippen LogP contribution is 2.06. The molecule has 18 heavy (non-hydrogen) atoms. The van der Waals surface area contributed by atoms with E-state index in [9.17, 15) is 4.79 Å². The number of aromatic nitrogens is 1. The van der Waals surface area contributed by atoms with Crippen LogP contribution in [0.15, 0.2) is 18.3 Å². The Balaban J connectivity index is 2.51. The standard InChI is InChI=1S/C12H21N5O/c1-16(2)7-4-8-17(3)12(18)11-6-5-10(15-13)9-14-11/h5-6,9,15H,4,7-8,13H2,1-3H3. The third-order valence-electron chi connectivity index (χ3n) is 2.59. The highest BCUT2D eigenvalue weighted by molar-refractivity contribution is 5.92. The summed E-state index contributed by atoms with van der Waals surface area (Å²) >= 11 is 0. The minimum absolute atomic E-state index is 0.0719. The second-order valence-corrected chi connectivity index (χ2v) is 4.46. The van der Waals surface area contributed by atoms with Crippen LogP contribution < -0.4 is 11.3 Å². The van der Waals surface area contributed by atoms with Crippen LogP contribution in [0.4, 0.5) is 5.69 Å². The van der Waals surface area contributed by atoms with E-state index in [1.807, 2.05) is 14.1 Å². The number of hydrogen-bond acceptors (Lipinski definition) is 5. The molecule has 0 spiro atoms. The fourth-order valence-electron chi connectivity index (χ4n) is 1.53. The minimum atomic E-state index is -0.0719. The van der Waals surface area contributed by atoms with Crippen LogP contribution in [0.25, 0.3) is 0 Å². The van der Waals surface area contributed by atoms with Crippen molar-refractivity contribution in [3.05, 3.63) is 24.0 Å². The molecule has 0 aliphatic heterocycles. The van der Waals surface area contributed by atoms with Gasteiger partial charge >= 0.3 is 0 Å². The fourth-order valence-corrected chi connectivity index (χ4v) is 1.53. The summed E-state index contributed by atoms with van der Waals surface area (Å²) in [7, 11) is 5.82. The Hall–Kier alpha value is -1.66. The maximum atomic E-state index is 12.0. The fraction of sp³-hybridized carbons (Fsp3) is 0.500. The van der Waals surface area contributed by atoms with Crippen molar-refractivity contribution in [2.24, 2.45) is 5.84 Å². The van der Waals surface area contributed by atoms with E-state index in [0.29, 0.717) is 11.4 Å². The molecule has 6 nitrogen and oxygen atoms in total. The lowest BCUT2D eigenvalue weighted by Crippen LogP contribution is -2.30. The van der Waals surface area contributed by atoms with E-state index >= 15 is 0 Å². The van der Waals surface area contributed by atoms with Crippen LogP contribution in [-0.4, -0.2) is 54.9 Å². The van der Waals surface area contributed by atoms with Gasteiger partial charge in [-0.05, 0) is 39.2 Å². The molecule has 3 N–H and O–H groups in total. The summed E-state index contributed by atoms with van der Waals surface area (Å²) in [6, 6.07) is 3.40. The summed E-state index contributed by atoms with van der Waals surface area (Å²) in [5, 5.41) is 0. The third-order valence-corrected chi connectivity index (χ3v) is 2.59. The van der Waals surface area contributed by atoms with E-state index in [1.54, 1.807) is 30.3 Å². The zero-order chi connectivity index (χ0) is 13.5. The monoisotopic (exact) mass is 251 g/mol. The van der Waals surface area contributed by atoms with Crippen molar-refractivity contribution in [3.63, 3.8) is 0 Å². The lowest BCUT2D eigenvalue weighted by atomic mass is 10.3. The number of nitrogens with one attached hydrogen (secondary N) is 1. The molecule has 0 saturated carbocycles. The van der Waals surface area contributed by atoms with Crippen LogP contribution in [0.5, 0.6) is 0 Å². The van der Waals surface area contributed by atoms with Gasteiger partial charge in [-0.2, -0.15) is 0 Å². The van der Waals surface area contributed by atoms with Crippen molar-refractivity contribution in [3.8, 4) is 0 Å². The molecular weight excluding hydrogens is 230 g/mol. The lowest BCUT2D eigenvalue weighted by molar-refractivity contribution is 0.0785. The van der Waals surface area contributed by atoms with Crippen molar-refractivity contribution in [2.75, 3.05) is 39.7 Å². The normalized spacial score (nSPS) is 10.5. The van der Waals surface area contributed by atoms with E-state index in [-0.39, 0.29) is 5.91 Å². The molecule has 1 aromatic rings. The molecule has 1 aromatic heterocycles. The van der Waals surface area contributed by atoms with Gasteiger partial charge in [0.15, 0.2) is 0 Å². The molecule has 0 aliphatic rings. The number of nitrogens with zero attached hydrogens (tertiary/aromatic N) is 3. The quantitative estimate of drug-likeness (QED) is 0.565. The van der Waals surface area contributed by atoms with Crippen LogP contribution in [0.2, 0.25) is 0 Å². The Morgan fingerprint density at radius 2 is 2.06 bits per heavy atom. The topological polar surface area (TPSA) is 74.5 Å². The van der Waals surface area contributed by atoms with Gasteiger partial charge in [-0.25, -0.2) is 4.98 Å². The van der Waals surface area contributed by atoms with Crippen LogP contribution in [0.1, 0.15) is 16.9 Å². The molecule has 0 atom stereocenters. The molecule has 0 aliphatic carbocycles. The van der Waals surface area contributed by atoms with Crippen molar-refractivity contribution in [1.82, 2.24) is 14.8 Å². The Morgan fingerprint density at radius 1 is 1.33 bits per heavy atom. The summed E-state index contributed by atoms with van der Waals surface area (Å²) in [6.07, 6.45) is 2.48. The van der Waals surface area contributed by atoms with Gasteiger partial charge in [0.2, 0.25) is 0 Å². The van der Waals surface area contributed by atoms with Gasteiger partial charge in [-0.1, -0.05) is 0 Å². The van der Waals surface area contributed by atoms with E-state index in [1.165, 1.54) is 0 Å². The second-order valence-electron chi connectivity index (χ2n) is 4.46. The van der Waals surface area contributed by atoms with Gasteiger partial charge in [-0.15, -0.1) is 0 Å². The lowest BCUT2D eigenvalue weighted by Gasteiger charge is -2.18. The van der Waals surface area contributed by atoms with E-state index < -0.39 is 0 Å². The molecule has 0 radical (unpaired) electrons. The van der Waals surface area contributed by atoms with Gasteiger partial charge in [-0.3, -0.25) is 10.6 Å². The average Bonchev–Trinajstić information content (AvgIpc) is 2.37. The third kappa shape index (κ3) is 4.31. The zero-order valence-corrected chi connectivity index (χ0v) is 11.2. The first-order valence-corrected chi connectivity index (χ1v) is 5.87. The number of carbonyl (C=O) groups excluding carboxylic acids is 1. The van der Waals surface area contributed by atoms with E-state index in [0.717, 1.165) is 19.5 Å². The molecular formula is C12H21N5O. The van der Waals surface area contributed by atoms with Crippen molar-refractivity contribution in [2.45, 2.75) is 6.42 Å². The SMILES string of the molecule is CN(C)CCCN(C)C(=O)c1ccc(NN)cn1. The molecule has 1 heterocycles. The number of nitrogens with two attached hydrogens (primary N) is 1. The van der Waals surface area contributed by atoms with Crippen molar-refractivity contribution < 1.29 is 4.79 Å². The molecule has 0 fully saturated rings. The zero-order valence-electron chi connectivity index (χ0n) is 11.2. The summed E-state index contributed by atoms with van der Waals surface area (Å²) in [5.41, 5.74) is 3.59. The number of rotatable bonds is 6. The molecule has 1 amide bonds. The first-order chi connectivity index (χ1) is 8.54. The average molecular weight is 251 g/mol. The Morgan fingerprint density at radius 3 is 2.56 bits per heavy atom. The minimum Gasteiger partial charge on any atom is -0.340 e. The van der Waals surface area contributed by atoms with E-state index in [2.05, 4.69) is 15.3 Å². The van der Waals surface area contributed by atoms with Gasteiger partial charge in [0.25, 0.3) is 5.91 Å². The van der Waals surface area contributed by atoms with Gasteiger partial charge in [0.1, 0.15) is 5.69 Å². The Bertz CT molecular complexity index is 377. The number of anilines is 1. The largest absolute Gasteiger partial charge is 0.340 e. The van der Waals surface area contributed by atoms with Crippen LogP contribution in [-0.2, 0) is 0 Å². The number of hydrogen-bond donors (Lipinski definition) is 2. The van der Waals surface area contributed by atoms with Gasteiger partial charge in [0, 0.05) is 13.6 Å². The summed E-state index contributed by atoms with van der Waals surface area (Å²) in [5.74, 6) is 5.17. The number of amides is 1. The molecule has 0 unspecified atom stereocenters. The number of nitrogen functional groups attached to an aromatic ring is 1. The van der Waals surface area contributed by atoms with Crippen LogP contribution in [0, 0.1) is 0 Å². The highest BCUT2D eigenvalue weighted by Gasteiger charge is 2.12. The maximum absolute atomic E-state index is 12.0. The Kier molecular flexibility index (Phi) is 5.54.